The standard InChI is InChI=1S/C8H13N4O3S/c1-6(7(9)13)3-2-4-16(14,15)8-10-5-11-12-8/h2,5-6H,3-4H2,1H3,(H2,9,13)(H,10,11,12)/t6-/m0/s1. The second kappa shape index (κ2) is 5.06. The minimum atomic E-state index is -3.48. The van der Waals surface area contributed by atoms with Crippen LogP contribution in [0, 0.1) is 12.3 Å². The lowest BCUT2D eigenvalue weighted by atomic mass is 10.1. The Morgan fingerprint density at radius 1 is 1.69 bits per heavy atom. The molecule has 16 heavy (non-hydrogen) atoms. The molecule has 1 amide bonds. The van der Waals surface area contributed by atoms with Gasteiger partial charge in [-0.15, -0.1) is 10.2 Å². The molecule has 0 aliphatic carbocycles. The molecule has 0 unspecified atom stereocenters. The number of H-pyrrole nitrogens is 1. The van der Waals surface area contributed by atoms with Gasteiger partial charge in [-0.3, -0.25) is 4.79 Å². The third-order valence-electron chi connectivity index (χ3n) is 2.03. The summed E-state index contributed by atoms with van der Waals surface area (Å²) >= 11 is 0. The molecule has 0 aliphatic rings. The summed E-state index contributed by atoms with van der Waals surface area (Å²) in [6, 6.07) is 0. The number of carbonyl (C=O) groups is 1. The average Bonchev–Trinajstić information content (AvgIpc) is 2.70. The molecule has 89 valence electrons. The molecule has 0 spiro atoms. The van der Waals surface area contributed by atoms with Crippen LogP contribution < -0.4 is 5.73 Å². The highest BCUT2D eigenvalue weighted by atomic mass is 32.2. The number of nitrogens with zero attached hydrogens (tertiary/aromatic N) is 2. The Labute approximate surface area is 93.4 Å². The summed E-state index contributed by atoms with van der Waals surface area (Å²) in [7, 11) is -3.48. The number of sulfone groups is 1. The van der Waals surface area contributed by atoms with E-state index in [1.807, 2.05) is 0 Å². The maximum atomic E-state index is 11.6. The number of hydrogen-bond donors (Lipinski definition) is 2. The van der Waals surface area contributed by atoms with Crippen LogP contribution in [0.1, 0.15) is 13.3 Å². The monoisotopic (exact) mass is 245 g/mol. The quantitative estimate of drug-likeness (QED) is 0.686. The molecule has 1 aromatic heterocycles. The fraction of sp³-hybridized carbons (Fsp3) is 0.500. The summed E-state index contributed by atoms with van der Waals surface area (Å²) in [6.45, 7) is 1.64. The second-order valence-electron chi connectivity index (χ2n) is 3.40. The molecule has 3 N–H and O–H groups in total. The summed E-state index contributed by atoms with van der Waals surface area (Å²) in [5.74, 6) is -1.02. The molecule has 0 saturated carbocycles. The number of aromatic nitrogens is 3. The molecule has 8 heteroatoms. The number of aromatic amines is 1. The van der Waals surface area contributed by atoms with Crippen LogP contribution in [0.15, 0.2) is 11.5 Å². The van der Waals surface area contributed by atoms with Crippen LogP contribution in [-0.4, -0.2) is 35.3 Å². The van der Waals surface area contributed by atoms with Crippen molar-refractivity contribution in [1.29, 1.82) is 0 Å². The summed E-state index contributed by atoms with van der Waals surface area (Å²) in [6.07, 6.45) is 3.01. The van der Waals surface area contributed by atoms with E-state index in [1.54, 1.807) is 6.92 Å². The Morgan fingerprint density at radius 2 is 2.38 bits per heavy atom. The predicted octanol–water partition coefficient (Wildman–Crippen LogP) is -0.706. The largest absolute Gasteiger partial charge is 0.369 e. The summed E-state index contributed by atoms with van der Waals surface area (Å²) in [4.78, 5) is 13.1. The highest BCUT2D eigenvalue weighted by Crippen LogP contribution is 2.09. The fourth-order valence-corrected chi connectivity index (χ4v) is 2.02. The summed E-state index contributed by atoms with van der Waals surface area (Å²) in [5, 5.41) is 6.63. The molecule has 7 nitrogen and oxygen atoms in total. The molecule has 0 saturated heterocycles. The summed E-state index contributed by atoms with van der Waals surface area (Å²) in [5.41, 5.74) is 5.04. The minimum absolute atomic E-state index is 0.171. The van der Waals surface area contributed by atoms with Crippen molar-refractivity contribution in [3.8, 4) is 0 Å². The number of rotatable bonds is 6. The zero-order valence-corrected chi connectivity index (χ0v) is 9.57. The SMILES string of the molecule is C[C@@H](C[CH]CS(=O)(=O)c1nnc[nH]1)C(N)=O. The molecule has 0 aromatic carbocycles. The van der Waals surface area contributed by atoms with Gasteiger partial charge in [0, 0.05) is 5.92 Å². The molecule has 0 bridgehead atoms. The van der Waals surface area contributed by atoms with Crippen LogP contribution in [0.5, 0.6) is 0 Å². The Kier molecular flexibility index (Phi) is 3.99. The normalized spacial score (nSPS) is 13.6. The van der Waals surface area contributed by atoms with Crippen LogP contribution in [0.4, 0.5) is 0 Å². The molecule has 1 heterocycles. The Hall–Kier alpha value is -1.44. The highest BCUT2D eigenvalue weighted by molar-refractivity contribution is 7.91. The van der Waals surface area contributed by atoms with Crippen molar-refractivity contribution < 1.29 is 13.2 Å². The molecular formula is C8H13N4O3S. The fourth-order valence-electron chi connectivity index (χ4n) is 1.01. The predicted molar refractivity (Wildman–Crippen MR) is 55.7 cm³/mol. The Morgan fingerprint density at radius 3 is 2.88 bits per heavy atom. The molecular weight excluding hydrogens is 232 g/mol. The van der Waals surface area contributed by atoms with Crippen molar-refractivity contribution in [2.24, 2.45) is 11.7 Å². The Bertz CT molecular complexity index is 440. The van der Waals surface area contributed by atoms with Crippen LogP contribution >= 0.6 is 0 Å². The zero-order valence-electron chi connectivity index (χ0n) is 8.75. The number of hydrogen-bond acceptors (Lipinski definition) is 5. The van der Waals surface area contributed by atoms with Gasteiger partial charge in [-0.25, -0.2) is 8.42 Å². The van der Waals surface area contributed by atoms with Gasteiger partial charge in [-0.1, -0.05) is 6.92 Å². The van der Waals surface area contributed by atoms with Crippen molar-refractivity contribution in [3.63, 3.8) is 0 Å². The maximum absolute atomic E-state index is 11.6. The number of nitrogens with two attached hydrogens (primary N) is 1. The van der Waals surface area contributed by atoms with E-state index >= 15 is 0 Å². The first kappa shape index (κ1) is 12.6. The van der Waals surface area contributed by atoms with E-state index in [1.165, 1.54) is 12.7 Å². The average molecular weight is 245 g/mol. The van der Waals surface area contributed by atoms with Gasteiger partial charge >= 0.3 is 0 Å². The number of carbonyl (C=O) groups excluding carboxylic acids is 1. The molecule has 1 atom stereocenters. The third kappa shape index (κ3) is 3.30. The smallest absolute Gasteiger partial charge is 0.246 e. The molecule has 0 aliphatic heterocycles. The van der Waals surface area contributed by atoms with Crippen molar-refractivity contribution >= 4 is 15.7 Å². The van der Waals surface area contributed by atoms with E-state index < -0.39 is 15.7 Å². The third-order valence-corrected chi connectivity index (χ3v) is 3.50. The minimum Gasteiger partial charge on any atom is -0.369 e. The van der Waals surface area contributed by atoms with Gasteiger partial charge in [0.05, 0.1) is 5.75 Å². The van der Waals surface area contributed by atoms with E-state index in [-0.39, 0.29) is 16.8 Å². The summed E-state index contributed by atoms with van der Waals surface area (Å²) < 4.78 is 23.1. The van der Waals surface area contributed by atoms with E-state index in [4.69, 9.17) is 5.73 Å². The lowest BCUT2D eigenvalue weighted by Gasteiger charge is -2.05. The topological polar surface area (TPSA) is 119 Å². The van der Waals surface area contributed by atoms with Crippen LogP contribution in [0.3, 0.4) is 0 Å². The lowest BCUT2D eigenvalue weighted by Crippen LogP contribution is -2.21. The highest BCUT2D eigenvalue weighted by Gasteiger charge is 2.18. The first-order valence-corrected chi connectivity index (χ1v) is 6.28. The number of amides is 1. The Balaban J connectivity index is 2.47. The van der Waals surface area contributed by atoms with Gasteiger partial charge in [0.25, 0.3) is 0 Å². The van der Waals surface area contributed by atoms with Crippen molar-refractivity contribution in [1.82, 2.24) is 15.2 Å². The van der Waals surface area contributed by atoms with Crippen molar-refractivity contribution in [2.75, 3.05) is 5.75 Å². The van der Waals surface area contributed by atoms with Gasteiger partial charge in [-0.2, -0.15) is 0 Å². The van der Waals surface area contributed by atoms with Gasteiger partial charge in [-0.05, 0) is 12.8 Å². The van der Waals surface area contributed by atoms with Crippen LogP contribution in [0.25, 0.3) is 0 Å². The molecule has 1 rings (SSSR count). The van der Waals surface area contributed by atoms with Gasteiger partial charge in [0.15, 0.2) is 0 Å². The zero-order chi connectivity index (χ0) is 12.2. The number of nitrogens with one attached hydrogen (secondary N) is 1. The number of primary amides is 1. The van der Waals surface area contributed by atoms with E-state index in [0.29, 0.717) is 6.42 Å². The van der Waals surface area contributed by atoms with Gasteiger partial charge in [0.1, 0.15) is 6.33 Å². The first-order chi connectivity index (χ1) is 7.43. The van der Waals surface area contributed by atoms with Gasteiger partial charge in [0.2, 0.25) is 20.9 Å². The lowest BCUT2D eigenvalue weighted by molar-refractivity contribution is -0.121. The maximum Gasteiger partial charge on any atom is 0.246 e. The van der Waals surface area contributed by atoms with Crippen molar-refractivity contribution in [2.45, 2.75) is 18.5 Å². The van der Waals surface area contributed by atoms with Crippen LogP contribution in [0.2, 0.25) is 0 Å². The van der Waals surface area contributed by atoms with E-state index in [0.717, 1.165) is 0 Å². The second-order valence-corrected chi connectivity index (χ2v) is 5.35. The van der Waals surface area contributed by atoms with Gasteiger partial charge < -0.3 is 10.7 Å². The molecule has 1 aromatic rings. The molecule has 0 fully saturated rings. The molecule has 1 radical (unpaired) electrons. The van der Waals surface area contributed by atoms with E-state index in [9.17, 15) is 13.2 Å². The van der Waals surface area contributed by atoms with Crippen molar-refractivity contribution in [3.05, 3.63) is 12.7 Å². The first-order valence-electron chi connectivity index (χ1n) is 4.63. The van der Waals surface area contributed by atoms with E-state index in [2.05, 4.69) is 15.2 Å². The van der Waals surface area contributed by atoms with Crippen LogP contribution in [-0.2, 0) is 14.6 Å².